The minimum Gasteiger partial charge on any atom is -0.389 e. The Hall–Kier alpha value is -0.980. The average molecular weight is 345 g/mol. The molecule has 1 aromatic carbocycles. The highest BCUT2D eigenvalue weighted by Gasteiger charge is 2.21. The van der Waals surface area contributed by atoms with Crippen LogP contribution in [0.5, 0.6) is 0 Å². The van der Waals surface area contributed by atoms with Gasteiger partial charge in [-0.15, -0.1) is 0 Å². The van der Waals surface area contributed by atoms with Gasteiger partial charge in [-0.25, -0.2) is 0 Å². The van der Waals surface area contributed by atoms with E-state index in [2.05, 4.69) is 21.2 Å². The summed E-state index contributed by atoms with van der Waals surface area (Å²) in [5, 5.41) is 2.82. The molecule has 0 heterocycles. The van der Waals surface area contributed by atoms with Gasteiger partial charge in [-0.2, -0.15) is 0 Å². The summed E-state index contributed by atoms with van der Waals surface area (Å²) in [5.41, 5.74) is 6.48. The van der Waals surface area contributed by atoms with Crippen LogP contribution in [0.25, 0.3) is 0 Å². The van der Waals surface area contributed by atoms with E-state index in [-0.39, 0.29) is 12.3 Å². The van der Waals surface area contributed by atoms with Crippen LogP contribution < -0.4 is 11.1 Å². The van der Waals surface area contributed by atoms with Crippen LogP contribution in [0.4, 0.5) is 5.69 Å². The van der Waals surface area contributed by atoms with Gasteiger partial charge in [-0.3, -0.25) is 4.79 Å². The lowest BCUT2D eigenvalue weighted by atomic mass is 10.0. The van der Waals surface area contributed by atoms with Crippen molar-refractivity contribution < 1.29 is 9.53 Å². The molecule has 0 saturated heterocycles. The van der Waals surface area contributed by atoms with E-state index in [4.69, 9.17) is 22.7 Å². The molecule has 0 atom stereocenters. The summed E-state index contributed by atoms with van der Waals surface area (Å²) in [5.74, 6) is -0.115. The topological polar surface area (TPSA) is 64.3 Å². The minimum atomic E-state index is -0.491. The molecule has 0 spiro atoms. The van der Waals surface area contributed by atoms with Gasteiger partial charge in [0.2, 0.25) is 5.91 Å². The number of carbonyl (C=O) groups excluding carboxylic acids is 1. The van der Waals surface area contributed by atoms with Crippen LogP contribution in [0.15, 0.2) is 22.7 Å². The Bertz CT molecular complexity index is 503. The molecule has 1 amide bonds. The number of nitrogens with two attached hydrogens (primary N) is 1. The van der Waals surface area contributed by atoms with Crippen LogP contribution in [0, 0.1) is 0 Å². The average Bonchev–Trinajstić information content (AvgIpc) is 2.30. The van der Waals surface area contributed by atoms with Crippen molar-refractivity contribution in [1.29, 1.82) is 0 Å². The Balaban J connectivity index is 2.78. The molecule has 1 aromatic rings. The number of hydrogen-bond donors (Lipinski definition) is 2. The first-order chi connectivity index (χ1) is 8.75. The van der Waals surface area contributed by atoms with E-state index in [1.54, 1.807) is 25.3 Å². The van der Waals surface area contributed by atoms with Gasteiger partial charge in [-0.05, 0) is 48.0 Å². The van der Waals surface area contributed by atoms with Crippen molar-refractivity contribution in [3.8, 4) is 0 Å². The standard InChI is InChI=1S/C13H17BrN2O2S/c1-13(2,18-3)7-11(17)16-10-5-4-8(12(15)19)6-9(10)14/h4-6H,7H2,1-3H3,(H2,15,19)(H,16,17). The monoisotopic (exact) mass is 344 g/mol. The molecule has 3 N–H and O–H groups in total. The largest absolute Gasteiger partial charge is 0.389 e. The zero-order valence-electron chi connectivity index (χ0n) is 11.1. The molecule has 1 rings (SSSR count). The first-order valence-corrected chi connectivity index (χ1v) is 6.89. The molecule has 0 fully saturated rings. The molecule has 19 heavy (non-hydrogen) atoms. The lowest BCUT2D eigenvalue weighted by Gasteiger charge is -2.22. The second kappa shape index (κ2) is 6.45. The number of rotatable bonds is 5. The summed E-state index contributed by atoms with van der Waals surface area (Å²) < 4.78 is 5.96. The van der Waals surface area contributed by atoms with Gasteiger partial charge in [0.25, 0.3) is 0 Å². The summed E-state index contributed by atoms with van der Waals surface area (Å²) in [4.78, 5) is 12.2. The van der Waals surface area contributed by atoms with Crippen molar-refractivity contribution >= 4 is 44.7 Å². The zero-order chi connectivity index (χ0) is 14.6. The molecule has 0 aliphatic carbocycles. The van der Waals surface area contributed by atoms with Gasteiger partial charge in [0.05, 0.1) is 17.7 Å². The first-order valence-electron chi connectivity index (χ1n) is 5.69. The SMILES string of the molecule is COC(C)(C)CC(=O)Nc1ccc(C(N)=S)cc1Br. The molecule has 0 radical (unpaired) electrons. The molecule has 0 aliphatic rings. The normalized spacial score (nSPS) is 11.2. The highest BCUT2D eigenvalue weighted by molar-refractivity contribution is 9.10. The van der Waals surface area contributed by atoms with Crippen LogP contribution in [0.1, 0.15) is 25.8 Å². The van der Waals surface area contributed by atoms with Crippen LogP contribution in [-0.4, -0.2) is 23.6 Å². The molecule has 0 aromatic heterocycles. The minimum absolute atomic E-state index is 0.115. The number of nitrogens with one attached hydrogen (secondary N) is 1. The zero-order valence-corrected chi connectivity index (χ0v) is 13.5. The number of methoxy groups -OCH3 is 1. The number of hydrogen-bond acceptors (Lipinski definition) is 3. The van der Waals surface area contributed by atoms with Crippen molar-refractivity contribution in [2.45, 2.75) is 25.9 Å². The van der Waals surface area contributed by atoms with Gasteiger partial charge in [0.1, 0.15) is 4.99 Å². The third kappa shape index (κ3) is 4.89. The maximum absolute atomic E-state index is 11.9. The number of anilines is 1. The molecule has 0 aliphatic heterocycles. The second-order valence-corrected chi connectivity index (χ2v) is 6.04. The number of halogens is 1. The Morgan fingerprint density at radius 3 is 2.63 bits per heavy atom. The summed E-state index contributed by atoms with van der Waals surface area (Å²) in [6.07, 6.45) is 0.271. The summed E-state index contributed by atoms with van der Waals surface area (Å²) in [7, 11) is 1.58. The van der Waals surface area contributed by atoms with Crippen molar-refractivity contribution in [3.05, 3.63) is 28.2 Å². The predicted molar refractivity (Wildman–Crippen MR) is 84.4 cm³/mol. The van der Waals surface area contributed by atoms with Gasteiger partial charge < -0.3 is 15.8 Å². The van der Waals surface area contributed by atoms with Crippen LogP contribution >= 0.6 is 28.1 Å². The number of benzene rings is 1. The molecule has 6 heteroatoms. The number of amides is 1. The maximum Gasteiger partial charge on any atom is 0.227 e. The summed E-state index contributed by atoms with van der Waals surface area (Å²) in [6, 6.07) is 5.31. The fourth-order valence-electron chi connectivity index (χ4n) is 1.42. The van der Waals surface area contributed by atoms with Crippen molar-refractivity contribution in [2.75, 3.05) is 12.4 Å². The quantitative estimate of drug-likeness (QED) is 0.806. The lowest BCUT2D eigenvalue weighted by Crippen LogP contribution is -2.29. The fraction of sp³-hybridized carbons (Fsp3) is 0.385. The summed E-state index contributed by atoms with van der Waals surface area (Å²) >= 11 is 8.27. The van der Waals surface area contributed by atoms with E-state index in [1.807, 2.05) is 13.8 Å². The molecular weight excluding hydrogens is 328 g/mol. The van der Waals surface area contributed by atoms with Gasteiger partial charge in [-0.1, -0.05) is 12.2 Å². The molecular formula is C13H17BrN2O2S. The third-order valence-electron chi connectivity index (χ3n) is 2.67. The smallest absolute Gasteiger partial charge is 0.227 e. The van der Waals surface area contributed by atoms with Gasteiger partial charge in [0, 0.05) is 17.1 Å². The molecule has 0 bridgehead atoms. The number of carbonyl (C=O) groups is 1. The Morgan fingerprint density at radius 2 is 2.16 bits per heavy atom. The Morgan fingerprint density at radius 1 is 1.53 bits per heavy atom. The van der Waals surface area contributed by atoms with E-state index in [9.17, 15) is 4.79 Å². The first kappa shape index (κ1) is 16.1. The van der Waals surface area contributed by atoms with Crippen molar-refractivity contribution in [1.82, 2.24) is 0 Å². The van der Waals surface area contributed by atoms with Crippen molar-refractivity contribution in [3.63, 3.8) is 0 Å². The van der Waals surface area contributed by atoms with Crippen LogP contribution in [-0.2, 0) is 9.53 Å². The predicted octanol–water partition coefficient (Wildman–Crippen LogP) is 2.84. The summed E-state index contributed by atoms with van der Waals surface area (Å²) in [6.45, 7) is 3.72. The number of ether oxygens (including phenoxy) is 1. The third-order valence-corrected chi connectivity index (χ3v) is 3.56. The molecule has 4 nitrogen and oxygen atoms in total. The maximum atomic E-state index is 11.9. The van der Waals surface area contributed by atoms with E-state index >= 15 is 0 Å². The number of thiocarbonyl (C=S) groups is 1. The lowest BCUT2D eigenvalue weighted by molar-refractivity contribution is -0.121. The Labute approximate surface area is 126 Å². The van der Waals surface area contributed by atoms with Crippen LogP contribution in [0.3, 0.4) is 0 Å². The van der Waals surface area contributed by atoms with E-state index in [0.29, 0.717) is 10.7 Å². The van der Waals surface area contributed by atoms with Gasteiger partial charge in [0.15, 0.2) is 0 Å². The molecule has 0 unspecified atom stereocenters. The van der Waals surface area contributed by atoms with Crippen molar-refractivity contribution in [2.24, 2.45) is 5.73 Å². The van der Waals surface area contributed by atoms with Gasteiger partial charge >= 0.3 is 0 Å². The van der Waals surface area contributed by atoms with E-state index in [1.165, 1.54) is 0 Å². The Kier molecular flexibility index (Phi) is 5.46. The molecule has 104 valence electrons. The second-order valence-electron chi connectivity index (χ2n) is 4.75. The fourth-order valence-corrected chi connectivity index (χ4v) is 2.03. The van der Waals surface area contributed by atoms with Crippen LogP contribution in [0.2, 0.25) is 0 Å². The highest BCUT2D eigenvalue weighted by Crippen LogP contribution is 2.24. The molecule has 0 saturated carbocycles. The van der Waals surface area contributed by atoms with E-state index in [0.717, 1.165) is 10.0 Å². The highest BCUT2D eigenvalue weighted by atomic mass is 79.9. The van der Waals surface area contributed by atoms with E-state index < -0.39 is 5.60 Å².